The summed E-state index contributed by atoms with van der Waals surface area (Å²) in [5, 5.41) is 0. The third kappa shape index (κ3) is 3.03. The molecule has 1 atom stereocenters. The molecular weight excluding hydrogens is 346 g/mol. The van der Waals surface area contributed by atoms with E-state index in [1.807, 2.05) is 30.3 Å². The monoisotopic (exact) mass is 363 g/mol. The first kappa shape index (κ1) is 17.1. The van der Waals surface area contributed by atoms with Gasteiger partial charge in [-0.25, -0.2) is 0 Å². The molecule has 0 aromatic heterocycles. The number of hydrogen-bond donors (Lipinski definition) is 0. The Kier molecular flexibility index (Phi) is 4.32. The second-order valence-corrected chi connectivity index (χ2v) is 6.67. The van der Waals surface area contributed by atoms with E-state index >= 15 is 0 Å². The lowest BCUT2D eigenvalue weighted by Crippen LogP contribution is -2.47. The van der Waals surface area contributed by atoms with Crippen molar-refractivity contribution in [2.24, 2.45) is 0 Å². The molecule has 0 bridgehead atoms. The van der Waals surface area contributed by atoms with Gasteiger partial charge in [-0.05, 0) is 24.1 Å². The van der Waals surface area contributed by atoms with Crippen LogP contribution in [0, 0.1) is 0 Å². The molecule has 4 rings (SSSR count). The van der Waals surface area contributed by atoms with Crippen LogP contribution in [0.5, 0.6) is 5.75 Å². The second kappa shape index (κ2) is 6.79. The van der Waals surface area contributed by atoms with Gasteiger partial charge in [0.05, 0.1) is 23.6 Å². The summed E-state index contributed by atoms with van der Waals surface area (Å²) >= 11 is 0. The molecule has 1 saturated carbocycles. The van der Waals surface area contributed by atoms with Gasteiger partial charge in [0, 0.05) is 6.42 Å². The zero-order valence-electron chi connectivity index (χ0n) is 14.5. The fraction of sp³-hybridized carbons (Fsp3) is 0.238. The number of hydrogen-bond acceptors (Lipinski definition) is 5. The number of ketones is 2. The Labute approximate surface area is 155 Å². The average molecular weight is 363 g/mol. The van der Waals surface area contributed by atoms with Crippen molar-refractivity contribution in [3.63, 3.8) is 0 Å². The molecule has 2 aromatic rings. The van der Waals surface area contributed by atoms with E-state index in [0.29, 0.717) is 5.75 Å². The first-order valence-electron chi connectivity index (χ1n) is 8.78. The number of rotatable bonds is 4. The van der Waals surface area contributed by atoms with Crippen molar-refractivity contribution in [3.05, 3.63) is 65.2 Å². The number of imide groups is 1. The van der Waals surface area contributed by atoms with Gasteiger partial charge in [0.25, 0.3) is 11.8 Å². The quantitative estimate of drug-likeness (QED) is 0.616. The van der Waals surface area contributed by atoms with E-state index in [4.69, 9.17) is 4.74 Å². The van der Waals surface area contributed by atoms with Gasteiger partial charge in [-0.2, -0.15) is 0 Å². The number of ether oxygens (including phenoxy) is 1. The van der Waals surface area contributed by atoms with E-state index < -0.39 is 17.9 Å². The molecule has 27 heavy (non-hydrogen) atoms. The van der Waals surface area contributed by atoms with Crippen molar-refractivity contribution in [2.45, 2.75) is 31.9 Å². The second-order valence-electron chi connectivity index (χ2n) is 6.67. The lowest BCUT2D eigenvalue weighted by atomic mass is 9.92. The first-order chi connectivity index (χ1) is 13.1. The molecule has 0 radical (unpaired) electrons. The molecule has 6 heteroatoms. The molecule has 0 saturated heterocycles. The van der Waals surface area contributed by atoms with Crippen molar-refractivity contribution in [3.8, 4) is 5.75 Å². The van der Waals surface area contributed by atoms with E-state index in [-0.39, 0.29) is 48.6 Å². The molecule has 1 unspecified atom stereocenters. The number of carbonyl (C=O) groups excluding carboxylic acids is 4. The number of fused-ring (bicyclic) bond motifs is 1. The average Bonchev–Trinajstić information content (AvgIpc) is 2.93. The van der Waals surface area contributed by atoms with E-state index in [2.05, 4.69) is 0 Å². The molecule has 2 aromatic carbocycles. The van der Waals surface area contributed by atoms with Crippen LogP contribution in [0.25, 0.3) is 0 Å². The number of benzene rings is 2. The number of carbonyl (C=O) groups is 4. The molecule has 1 aliphatic heterocycles. The zero-order chi connectivity index (χ0) is 19.0. The van der Waals surface area contributed by atoms with Gasteiger partial charge in [0.1, 0.15) is 18.1 Å². The topological polar surface area (TPSA) is 80.8 Å². The third-order valence-electron chi connectivity index (χ3n) is 4.90. The van der Waals surface area contributed by atoms with Crippen molar-refractivity contribution in [2.75, 3.05) is 0 Å². The van der Waals surface area contributed by atoms with Crippen LogP contribution in [0.2, 0.25) is 0 Å². The Hall–Kier alpha value is -3.28. The van der Waals surface area contributed by atoms with Gasteiger partial charge in [0.15, 0.2) is 5.78 Å². The van der Waals surface area contributed by atoms with Gasteiger partial charge in [0.2, 0.25) is 0 Å². The maximum atomic E-state index is 13.0. The highest BCUT2D eigenvalue weighted by Gasteiger charge is 2.45. The van der Waals surface area contributed by atoms with E-state index in [9.17, 15) is 19.2 Å². The Balaban J connectivity index is 1.61. The predicted octanol–water partition coefficient (Wildman–Crippen LogP) is 2.55. The van der Waals surface area contributed by atoms with Gasteiger partial charge >= 0.3 is 0 Å². The Morgan fingerprint density at radius 2 is 1.70 bits per heavy atom. The SMILES string of the molecule is O=C1CCC(N2C(=O)c3cccc(OCc4ccccc4)c3C2=O)C(=O)C1. The molecule has 2 amide bonds. The third-order valence-corrected chi connectivity index (χ3v) is 4.90. The highest BCUT2D eigenvalue weighted by Crippen LogP contribution is 2.34. The van der Waals surface area contributed by atoms with Crippen LogP contribution in [-0.2, 0) is 16.2 Å². The van der Waals surface area contributed by atoms with E-state index in [0.717, 1.165) is 10.5 Å². The Morgan fingerprint density at radius 1 is 0.926 bits per heavy atom. The van der Waals surface area contributed by atoms with Gasteiger partial charge < -0.3 is 4.74 Å². The van der Waals surface area contributed by atoms with Gasteiger partial charge in [-0.1, -0.05) is 36.4 Å². The summed E-state index contributed by atoms with van der Waals surface area (Å²) in [4.78, 5) is 50.4. The van der Waals surface area contributed by atoms with Crippen LogP contribution in [0.15, 0.2) is 48.5 Å². The standard InChI is InChI=1S/C21H17NO5/c23-14-9-10-16(17(24)11-14)22-20(25)15-7-4-8-18(19(15)21(22)26)27-12-13-5-2-1-3-6-13/h1-8,16H,9-12H2. The predicted molar refractivity (Wildman–Crippen MR) is 95.4 cm³/mol. The highest BCUT2D eigenvalue weighted by molar-refractivity contribution is 6.24. The summed E-state index contributed by atoms with van der Waals surface area (Å²) in [6, 6.07) is 13.5. The van der Waals surface area contributed by atoms with Gasteiger partial charge in [-0.3, -0.25) is 24.1 Å². The highest BCUT2D eigenvalue weighted by atomic mass is 16.5. The van der Waals surface area contributed by atoms with Crippen LogP contribution in [0.3, 0.4) is 0 Å². The minimum absolute atomic E-state index is 0.153. The van der Waals surface area contributed by atoms with E-state index in [1.165, 1.54) is 0 Å². The maximum Gasteiger partial charge on any atom is 0.266 e. The minimum Gasteiger partial charge on any atom is -0.488 e. The summed E-state index contributed by atoms with van der Waals surface area (Å²) in [6.07, 6.45) is 0.153. The van der Waals surface area contributed by atoms with Crippen molar-refractivity contribution >= 4 is 23.4 Å². The Morgan fingerprint density at radius 3 is 2.44 bits per heavy atom. The normalized spacial score (nSPS) is 19.4. The number of amides is 2. The fourth-order valence-corrected chi connectivity index (χ4v) is 3.54. The molecule has 136 valence electrons. The summed E-state index contributed by atoms with van der Waals surface area (Å²) in [7, 11) is 0. The molecule has 0 N–H and O–H groups in total. The van der Waals surface area contributed by atoms with Crippen molar-refractivity contribution in [1.82, 2.24) is 4.90 Å². The number of nitrogens with zero attached hydrogens (tertiary/aromatic N) is 1. The molecule has 6 nitrogen and oxygen atoms in total. The molecule has 0 spiro atoms. The molecule has 1 aliphatic carbocycles. The lowest BCUT2D eigenvalue weighted by molar-refractivity contribution is -0.132. The summed E-state index contributed by atoms with van der Waals surface area (Å²) in [6.45, 7) is 0.260. The summed E-state index contributed by atoms with van der Waals surface area (Å²) < 4.78 is 5.79. The van der Waals surface area contributed by atoms with Crippen molar-refractivity contribution in [1.29, 1.82) is 0 Å². The first-order valence-corrected chi connectivity index (χ1v) is 8.78. The number of Topliss-reactive ketones (excluding diaryl/α,β-unsaturated/α-hetero) is 2. The molecule has 1 fully saturated rings. The van der Waals surface area contributed by atoms with E-state index in [1.54, 1.807) is 18.2 Å². The smallest absolute Gasteiger partial charge is 0.266 e. The molecule has 2 aliphatic rings. The van der Waals surface area contributed by atoms with Crippen LogP contribution in [0.1, 0.15) is 45.5 Å². The molecule has 1 heterocycles. The van der Waals surface area contributed by atoms with Crippen LogP contribution < -0.4 is 4.74 Å². The Bertz CT molecular complexity index is 950. The minimum atomic E-state index is -0.878. The zero-order valence-corrected chi connectivity index (χ0v) is 14.5. The van der Waals surface area contributed by atoms with Crippen LogP contribution in [-0.4, -0.2) is 34.3 Å². The molecular formula is C21H17NO5. The van der Waals surface area contributed by atoms with Gasteiger partial charge in [-0.15, -0.1) is 0 Å². The summed E-state index contributed by atoms with van der Waals surface area (Å²) in [5.41, 5.74) is 1.35. The maximum absolute atomic E-state index is 13.0. The van der Waals surface area contributed by atoms with Crippen LogP contribution >= 0.6 is 0 Å². The summed E-state index contributed by atoms with van der Waals surface area (Å²) in [5.74, 6) is -1.26. The van der Waals surface area contributed by atoms with Crippen LogP contribution in [0.4, 0.5) is 0 Å². The fourth-order valence-electron chi connectivity index (χ4n) is 3.54. The lowest BCUT2D eigenvalue weighted by Gasteiger charge is -2.27. The largest absolute Gasteiger partial charge is 0.488 e. The van der Waals surface area contributed by atoms with Crippen molar-refractivity contribution < 1.29 is 23.9 Å².